The van der Waals surface area contributed by atoms with E-state index in [0.29, 0.717) is 25.0 Å². The molecule has 0 aromatic heterocycles. The molecule has 0 saturated heterocycles. The van der Waals surface area contributed by atoms with E-state index >= 15 is 0 Å². The lowest BCUT2D eigenvalue weighted by Gasteiger charge is -2.47. The highest BCUT2D eigenvalue weighted by molar-refractivity contribution is 5.84. The third-order valence-corrected chi connectivity index (χ3v) is 5.85. The number of aliphatic imine (C=N–C) groups is 1. The van der Waals surface area contributed by atoms with Crippen LogP contribution in [0.3, 0.4) is 0 Å². The molecule has 1 aliphatic rings. The number of nitrogens with zero attached hydrogens (tertiary/aromatic N) is 1. The number of carbonyl (C=O) groups excluding carboxylic acids is 1. The highest BCUT2D eigenvalue weighted by atomic mass is 19.4. The van der Waals surface area contributed by atoms with Gasteiger partial charge in [-0.25, -0.2) is 4.99 Å². The third kappa shape index (κ3) is 6.01. The number of alkyl halides is 6. The zero-order valence-corrected chi connectivity index (χ0v) is 18.0. The maximum atomic E-state index is 13.2. The van der Waals surface area contributed by atoms with Crippen molar-refractivity contribution in [3.63, 3.8) is 0 Å². The van der Waals surface area contributed by atoms with Crippen LogP contribution in [-0.4, -0.2) is 18.7 Å². The van der Waals surface area contributed by atoms with Crippen molar-refractivity contribution in [2.75, 3.05) is 6.61 Å². The molecular formula is C24H23F6NO2. The maximum absolute atomic E-state index is 13.2. The summed E-state index contributed by atoms with van der Waals surface area (Å²) < 4.78 is 85.0. The molecule has 0 radical (unpaired) electrons. The molecule has 3 nitrogen and oxygen atoms in total. The molecule has 2 aromatic rings. The lowest BCUT2D eigenvalue weighted by Crippen LogP contribution is -2.46. The first-order valence-electron chi connectivity index (χ1n) is 10.3. The second kappa shape index (κ2) is 9.29. The molecule has 2 aromatic carbocycles. The number of hydrogen-bond acceptors (Lipinski definition) is 2. The smallest absolute Gasteiger partial charge is 0.373 e. The molecule has 3 rings (SSSR count). The lowest BCUT2D eigenvalue weighted by molar-refractivity contribution is -0.143. The zero-order valence-electron chi connectivity index (χ0n) is 18.0. The summed E-state index contributed by atoms with van der Waals surface area (Å²) in [7, 11) is 0. The lowest BCUT2D eigenvalue weighted by atomic mass is 9.59. The quantitative estimate of drug-likeness (QED) is 0.345. The fourth-order valence-electron chi connectivity index (χ4n) is 4.08. The third-order valence-electron chi connectivity index (χ3n) is 5.85. The molecule has 1 saturated carbocycles. The molecule has 33 heavy (non-hydrogen) atoms. The van der Waals surface area contributed by atoms with Crippen molar-refractivity contribution in [3.8, 4) is 0 Å². The molecule has 0 unspecified atom stereocenters. The van der Waals surface area contributed by atoms with Crippen LogP contribution in [0.5, 0.6) is 0 Å². The first-order chi connectivity index (χ1) is 15.3. The summed E-state index contributed by atoms with van der Waals surface area (Å²) in [5, 5.41) is 0. The number of benzene rings is 2. The Balaban J connectivity index is 1.83. The van der Waals surface area contributed by atoms with Crippen LogP contribution in [-0.2, 0) is 27.3 Å². The van der Waals surface area contributed by atoms with Crippen LogP contribution in [0.1, 0.15) is 55.0 Å². The Kier molecular flexibility index (Phi) is 7.02. The van der Waals surface area contributed by atoms with Crippen molar-refractivity contribution in [1.29, 1.82) is 0 Å². The van der Waals surface area contributed by atoms with Crippen molar-refractivity contribution < 1.29 is 35.9 Å². The van der Waals surface area contributed by atoms with Gasteiger partial charge in [0.05, 0.1) is 23.8 Å². The maximum Gasteiger partial charge on any atom is 0.416 e. The molecule has 0 spiro atoms. The van der Waals surface area contributed by atoms with Gasteiger partial charge in [0.1, 0.15) is 0 Å². The van der Waals surface area contributed by atoms with Gasteiger partial charge in [-0.1, -0.05) is 30.3 Å². The minimum Gasteiger partial charge on any atom is -0.373 e. The van der Waals surface area contributed by atoms with Crippen molar-refractivity contribution in [1.82, 2.24) is 0 Å². The molecule has 1 atom stereocenters. The Morgan fingerprint density at radius 3 is 2.09 bits per heavy atom. The van der Waals surface area contributed by atoms with Crippen LogP contribution in [0.2, 0.25) is 0 Å². The normalized spacial score (nSPS) is 22.2. The summed E-state index contributed by atoms with van der Waals surface area (Å²) in [6, 6.07) is 10.8. The molecule has 1 amide bonds. The van der Waals surface area contributed by atoms with E-state index in [1.807, 2.05) is 30.3 Å². The fraction of sp³-hybridized carbons (Fsp3) is 0.417. The van der Waals surface area contributed by atoms with Crippen molar-refractivity contribution >= 4 is 12.1 Å². The van der Waals surface area contributed by atoms with E-state index in [4.69, 9.17) is 4.74 Å². The number of rotatable bonds is 6. The van der Waals surface area contributed by atoms with Crippen LogP contribution in [0.25, 0.3) is 0 Å². The van der Waals surface area contributed by atoms with E-state index in [2.05, 4.69) is 4.99 Å². The van der Waals surface area contributed by atoms with E-state index in [1.165, 1.54) is 13.8 Å². The number of hydrogen-bond donors (Lipinski definition) is 0. The predicted octanol–water partition coefficient (Wildman–Crippen LogP) is 6.77. The molecular weight excluding hydrogens is 448 g/mol. The highest BCUT2D eigenvalue weighted by Crippen LogP contribution is 2.48. The van der Waals surface area contributed by atoms with Crippen LogP contribution < -0.4 is 0 Å². The number of amides is 1. The summed E-state index contributed by atoms with van der Waals surface area (Å²) in [5.74, 6) is -0.291. The van der Waals surface area contributed by atoms with Gasteiger partial charge in [-0.15, -0.1) is 0 Å². The molecule has 178 valence electrons. The van der Waals surface area contributed by atoms with E-state index in [-0.39, 0.29) is 30.1 Å². The first-order valence-corrected chi connectivity index (χ1v) is 10.3. The number of carbonyl (C=O) groups is 1. The van der Waals surface area contributed by atoms with Crippen LogP contribution in [0, 0.1) is 5.92 Å². The summed E-state index contributed by atoms with van der Waals surface area (Å²) >= 11 is 0. The minimum absolute atomic E-state index is 0.0263. The van der Waals surface area contributed by atoms with Gasteiger partial charge in [-0.3, -0.25) is 4.79 Å². The summed E-state index contributed by atoms with van der Waals surface area (Å²) in [6.45, 7) is 2.87. The SMILES string of the molecule is CC(=O)N=CC1CC(CO[C@H](C)c2cc(C(F)(F)F)cc(C(F)(F)F)c2)(c2ccccc2)C1. The minimum atomic E-state index is -4.92. The van der Waals surface area contributed by atoms with Crippen molar-refractivity contribution in [2.24, 2.45) is 10.9 Å². The zero-order chi connectivity index (χ0) is 24.4. The Morgan fingerprint density at radius 1 is 1.06 bits per heavy atom. The second-order valence-electron chi connectivity index (χ2n) is 8.40. The molecule has 0 N–H and O–H groups in total. The number of halogens is 6. The van der Waals surface area contributed by atoms with Crippen molar-refractivity contribution in [3.05, 3.63) is 70.8 Å². The predicted molar refractivity (Wildman–Crippen MR) is 111 cm³/mol. The van der Waals surface area contributed by atoms with Gasteiger partial charge >= 0.3 is 12.4 Å². The van der Waals surface area contributed by atoms with Crippen LogP contribution in [0.15, 0.2) is 53.5 Å². The topological polar surface area (TPSA) is 38.7 Å². The largest absolute Gasteiger partial charge is 0.416 e. The average molecular weight is 471 g/mol. The standard InChI is InChI=1S/C24H23F6NO2/c1-15(18-8-20(23(25,26)27)10-21(9-18)24(28,29)30)33-14-22(19-6-4-3-5-7-19)11-17(12-22)13-31-16(2)32/h3-10,13,15,17H,11-12,14H2,1-2H3/t15-,17?,22?/m1/s1. The molecule has 1 aliphatic carbocycles. The van der Waals surface area contributed by atoms with Gasteiger partial charge in [0.15, 0.2) is 0 Å². The van der Waals surface area contributed by atoms with E-state index in [1.54, 1.807) is 6.21 Å². The fourth-order valence-corrected chi connectivity index (χ4v) is 4.08. The number of ether oxygens (including phenoxy) is 1. The highest BCUT2D eigenvalue weighted by Gasteiger charge is 2.45. The van der Waals surface area contributed by atoms with Crippen LogP contribution in [0.4, 0.5) is 26.3 Å². The van der Waals surface area contributed by atoms with Crippen LogP contribution >= 0.6 is 0 Å². The first kappa shape index (κ1) is 25.0. The molecule has 0 heterocycles. The molecule has 9 heteroatoms. The van der Waals surface area contributed by atoms with Crippen molar-refractivity contribution in [2.45, 2.75) is 50.6 Å². The summed E-state index contributed by atoms with van der Waals surface area (Å²) in [6.07, 6.45) is -8.07. The van der Waals surface area contributed by atoms with E-state index in [9.17, 15) is 31.1 Å². The van der Waals surface area contributed by atoms with E-state index in [0.717, 1.165) is 5.56 Å². The van der Waals surface area contributed by atoms with Gasteiger partial charge < -0.3 is 4.74 Å². The molecule has 0 aliphatic heterocycles. The van der Waals surface area contributed by atoms with Gasteiger partial charge in [0.25, 0.3) is 0 Å². The average Bonchev–Trinajstić information content (AvgIpc) is 2.71. The van der Waals surface area contributed by atoms with E-state index < -0.39 is 35.0 Å². The van der Waals surface area contributed by atoms with Gasteiger partial charge in [0, 0.05) is 18.6 Å². The Morgan fingerprint density at radius 2 is 1.61 bits per heavy atom. The Bertz CT molecular complexity index is 976. The Hall–Kier alpha value is -2.68. The summed E-state index contributed by atoms with van der Waals surface area (Å²) in [5.41, 5.74) is -2.47. The molecule has 0 bridgehead atoms. The summed E-state index contributed by atoms with van der Waals surface area (Å²) in [4.78, 5) is 14.9. The molecule has 1 fully saturated rings. The van der Waals surface area contributed by atoms with Gasteiger partial charge in [-0.2, -0.15) is 26.3 Å². The Labute approximate surface area is 187 Å². The monoisotopic (exact) mass is 471 g/mol. The van der Waals surface area contributed by atoms with Gasteiger partial charge in [-0.05, 0) is 55.0 Å². The van der Waals surface area contributed by atoms with Gasteiger partial charge in [0.2, 0.25) is 5.91 Å². The second-order valence-corrected chi connectivity index (χ2v) is 8.40.